The van der Waals surface area contributed by atoms with Crippen LogP contribution >= 0.6 is 0 Å². The summed E-state index contributed by atoms with van der Waals surface area (Å²) in [5.41, 5.74) is 2.31. The van der Waals surface area contributed by atoms with Crippen LogP contribution in [0.4, 0.5) is 4.79 Å². The molecule has 0 fully saturated rings. The van der Waals surface area contributed by atoms with Crippen molar-refractivity contribution < 1.29 is 19.1 Å². The number of allylic oxidation sites excluding steroid dienone is 1. The summed E-state index contributed by atoms with van der Waals surface area (Å²) in [4.78, 5) is 41.1. The van der Waals surface area contributed by atoms with Gasteiger partial charge in [0.1, 0.15) is 5.60 Å². The Morgan fingerprint density at radius 3 is 2.34 bits per heavy atom. The summed E-state index contributed by atoms with van der Waals surface area (Å²) in [5.74, 6) is -0.553. The van der Waals surface area contributed by atoms with Gasteiger partial charge >= 0.3 is 6.09 Å². The number of ether oxygens (including phenoxy) is 1. The molecule has 0 saturated heterocycles. The molecule has 0 saturated carbocycles. The van der Waals surface area contributed by atoms with E-state index in [-0.39, 0.29) is 18.1 Å². The fourth-order valence-electron chi connectivity index (χ4n) is 5.27. The molecule has 0 radical (unpaired) electrons. The lowest BCUT2D eigenvalue weighted by Gasteiger charge is -2.32. The summed E-state index contributed by atoms with van der Waals surface area (Å²) in [6.45, 7) is 10.4. The second kappa shape index (κ2) is 12.7. The molecule has 0 aromatic heterocycles. The fraction of sp³-hybridized carbons (Fsp3) is 0.400. The Morgan fingerprint density at radius 1 is 0.927 bits per heavy atom. The van der Waals surface area contributed by atoms with Crippen molar-refractivity contribution in [2.24, 2.45) is 5.92 Å². The molecular formula is C35H42N2O4. The van der Waals surface area contributed by atoms with E-state index in [0.717, 1.165) is 22.8 Å². The minimum Gasteiger partial charge on any atom is -0.444 e. The van der Waals surface area contributed by atoms with E-state index in [0.29, 0.717) is 25.9 Å². The highest BCUT2D eigenvalue weighted by Crippen LogP contribution is 2.25. The van der Waals surface area contributed by atoms with E-state index >= 15 is 0 Å². The molecule has 1 atom stereocenters. The van der Waals surface area contributed by atoms with Crippen molar-refractivity contribution in [2.75, 3.05) is 6.54 Å². The Bertz CT molecular complexity index is 1430. The van der Waals surface area contributed by atoms with E-state index in [9.17, 15) is 14.4 Å². The molecule has 4 rings (SSSR count). The second-order valence-corrected chi connectivity index (χ2v) is 12.6. The molecule has 1 aliphatic heterocycles. The molecule has 1 aliphatic rings. The molecular weight excluding hydrogens is 512 g/mol. The highest BCUT2D eigenvalue weighted by molar-refractivity contribution is 5.94. The van der Waals surface area contributed by atoms with Crippen LogP contribution in [-0.2, 0) is 33.7 Å². The van der Waals surface area contributed by atoms with Gasteiger partial charge in [-0.1, -0.05) is 72.8 Å². The molecule has 0 aliphatic carbocycles. The van der Waals surface area contributed by atoms with E-state index in [2.05, 4.69) is 47.8 Å². The Balaban J connectivity index is 1.46. The van der Waals surface area contributed by atoms with E-state index in [1.165, 1.54) is 11.1 Å². The second-order valence-electron chi connectivity index (χ2n) is 12.6. The number of fused-ring (bicyclic) bond motifs is 2. The Labute approximate surface area is 243 Å². The summed E-state index contributed by atoms with van der Waals surface area (Å²) >= 11 is 0. The highest BCUT2D eigenvalue weighted by atomic mass is 16.6. The van der Waals surface area contributed by atoms with Crippen molar-refractivity contribution in [2.45, 2.75) is 78.0 Å². The number of alkyl carbamates (subject to hydrolysis) is 1. The van der Waals surface area contributed by atoms with Crippen molar-refractivity contribution in [3.8, 4) is 0 Å². The number of hydrogen-bond donors (Lipinski definition) is 1. The summed E-state index contributed by atoms with van der Waals surface area (Å²) in [5, 5.41) is 5.13. The molecule has 3 aromatic rings. The molecule has 0 spiro atoms. The molecule has 0 unspecified atom stereocenters. The zero-order chi connectivity index (χ0) is 29.6. The maximum Gasteiger partial charge on any atom is 0.408 e. The number of nitrogens with zero attached hydrogens (tertiary/aromatic N) is 1. The fourth-order valence-corrected chi connectivity index (χ4v) is 5.27. The van der Waals surface area contributed by atoms with E-state index in [1.54, 1.807) is 12.2 Å². The number of benzene rings is 3. The van der Waals surface area contributed by atoms with Gasteiger partial charge in [0.2, 0.25) is 5.91 Å². The monoisotopic (exact) mass is 554 g/mol. The van der Waals surface area contributed by atoms with Crippen molar-refractivity contribution in [3.05, 3.63) is 95.6 Å². The average molecular weight is 555 g/mol. The molecule has 3 aromatic carbocycles. The van der Waals surface area contributed by atoms with E-state index in [4.69, 9.17) is 4.74 Å². The average Bonchev–Trinajstić information content (AvgIpc) is 2.90. The molecule has 6 nitrogen and oxygen atoms in total. The topological polar surface area (TPSA) is 75.7 Å². The van der Waals surface area contributed by atoms with Gasteiger partial charge in [-0.2, -0.15) is 0 Å². The van der Waals surface area contributed by atoms with Gasteiger partial charge in [-0.3, -0.25) is 9.59 Å². The maximum atomic E-state index is 13.9. The molecule has 1 N–H and O–H groups in total. The standard InChI is InChI=1S/C35H42N2O4/c1-34(2,3)41-33(40)36-35(4,5)19-10-15-31(38)23-30(22-25-16-17-26-11-6-8-13-28(26)21-25)32(39)37-20-18-27-12-7-9-14-29(27)24-37/h6-17,21,30H,18-20,22-24H2,1-5H3,(H,36,40)/b15-10+/t30-/m1/s1. The number of carbonyl (C=O) groups is 3. The first kappa shape index (κ1) is 30.0. The van der Waals surface area contributed by atoms with Crippen LogP contribution < -0.4 is 5.32 Å². The van der Waals surface area contributed by atoms with Crippen molar-refractivity contribution in [1.82, 2.24) is 10.2 Å². The first-order valence-corrected chi connectivity index (χ1v) is 14.4. The number of ketones is 1. The maximum absolute atomic E-state index is 13.9. The van der Waals surface area contributed by atoms with Gasteiger partial charge in [0.05, 0.1) is 0 Å². The van der Waals surface area contributed by atoms with Crippen LogP contribution in [0.3, 0.4) is 0 Å². The zero-order valence-electron chi connectivity index (χ0n) is 24.9. The summed E-state index contributed by atoms with van der Waals surface area (Å²) < 4.78 is 5.36. The third-order valence-electron chi connectivity index (χ3n) is 7.31. The number of hydrogen-bond acceptors (Lipinski definition) is 4. The van der Waals surface area contributed by atoms with Crippen LogP contribution in [0, 0.1) is 5.92 Å². The molecule has 2 amide bonds. The molecule has 216 valence electrons. The predicted molar refractivity (Wildman–Crippen MR) is 164 cm³/mol. The predicted octanol–water partition coefficient (Wildman–Crippen LogP) is 6.79. The van der Waals surface area contributed by atoms with E-state index < -0.39 is 23.2 Å². The van der Waals surface area contributed by atoms with Gasteiger partial charge in [-0.25, -0.2) is 4.79 Å². The van der Waals surface area contributed by atoms with Crippen LogP contribution in [0.15, 0.2) is 78.9 Å². The number of rotatable bonds is 9. The normalized spacial score (nSPS) is 14.5. The van der Waals surface area contributed by atoms with Crippen LogP contribution in [0.2, 0.25) is 0 Å². The van der Waals surface area contributed by atoms with E-state index in [1.807, 2.05) is 63.8 Å². The summed E-state index contributed by atoms with van der Waals surface area (Å²) in [7, 11) is 0. The van der Waals surface area contributed by atoms with Crippen molar-refractivity contribution in [3.63, 3.8) is 0 Å². The first-order chi connectivity index (χ1) is 19.4. The minimum atomic E-state index is -0.597. The Morgan fingerprint density at radius 2 is 1.61 bits per heavy atom. The molecule has 1 heterocycles. The Kier molecular flexibility index (Phi) is 9.31. The van der Waals surface area contributed by atoms with Crippen LogP contribution in [0.1, 0.15) is 64.2 Å². The number of carbonyl (C=O) groups excluding carboxylic acids is 3. The quantitative estimate of drug-likeness (QED) is 0.296. The first-order valence-electron chi connectivity index (χ1n) is 14.4. The number of amides is 2. The lowest BCUT2D eigenvalue weighted by atomic mass is 9.90. The molecule has 0 bridgehead atoms. The van der Waals surface area contributed by atoms with Gasteiger partial charge in [0, 0.05) is 31.0 Å². The third-order valence-corrected chi connectivity index (χ3v) is 7.31. The smallest absolute Gasteiger partial charge is 0.408 e. The van der Waals surface area contributed by atoms with Gasteiger partial charge in [0.25, 0.3) is 0 Å². The third kappa shape index (κ3) is 8.78. The number of nitrogens with one attached hydrogen (secondary N) is 1. The SMILES string of the molecule is CC(C)(C/C=C/C(=O)C[C@@H](Cc1ccc2ccccc2c1)C(=O)N1CCc2ccccc2C1)NC(=O)OC(C)(C)C. The van der Waals surface area contributed by atoms with Gasteiger partial charge < -0.3 is 15.0 Å². The zero-order valence-corrected chi connectivity index (χ0v) is 24.9. The largest absolute Gasteiger partial charge is 0.444 e. The lowest BCUT2D eigenvalue weighted by Crippen LogP contribution is -2.45. The van der Waals surface area contributed by atoms with Gasteiger partial charge in [-0.05, 0) is 87.4 Å². The molecule has 41 heavy (non-hydrogen) atoms. The molecule has 6 heteroatoms. The summed E-state index contributed by atoms with van der Waals surface area (Å²) in [6.07, 6.45) is 4.71. The van der Waals surface area contributed by atoms with Gasteiger partial charge in [0.15, 0.2) is 5.78 Å². The van der Waals surface area contributed by atoms with Crippen LogP contribution in [0.5, 0.6) is 0 Å². The van der Waals surface area contributed by atoms with Crippen LogP contribution in [-0.4, -0.2) is 40.4 Å². The van der Waals surface area contributed by atoms with Crippen molar-refractivity contribution >= 4 is 28.6 Å². The highest BCUT2D eigenvalue weighted by Gasteiger charge is 2.29. The summed E-state index contributed by atoms with van der Waals surface area (Å²) in [6, 6.07) is 22.6. The van der Waals surface area contributed by atoms with Crippen molar-refractivity contribution in [1.29, 1.82) is 0 Å². The lowest BCUT2D eigenvalue weighted by molar-refractivity contribution is -0.138. The van der Waals surface area contributed by atoms with Crippen LogP contribution in [0.25, 0.3) is 10.8 Å². The Hall–Kier alpha value is -3.93. The minimum absolute atomic E-state index is 0.0151. The van der Waals surface area contributed by atoms with Gasteiger partial charge in [-0.15, -0.1) is 0 Å².